The van der Waals surface area contributed by atoms with E-state index in [-0.39, 0.29) is 12.3 Å². The lowest BCUT2D eigenvalue weighted by molar-refractivity contribution is -0.142. The Labute approximate surface area is 106 Å². The van der Waals surface area contributed by atoms with Crippen molar-refractivity contribution in [2.45, 2.75) is 12.3 Å². The van der Waals surface area contributed by atoms with Crippen LogP contribution < -0.4 is 4.74 Å². The van der Waals surface area contributed by atoms with Crippen molar-refractivity contribution >= 4 is 11.9 Å². The molecule has 1 unspecified atom stereocenters. The van der Waals surface area contributed by atoms with Gasteiger partial charge in [0.15, 0.2) is 0 Å². The highest BCUT2D eigenvalue weighted by Gasteiger charge is 2.24. The van der Waals surface area contributed by atoms with Crippen molar-refractivity contribution in [2.24, 2.45) is 0 Å². The van der Waals surface area contributed by atoms with Gasteiger partial charge in [-0.05, 0) is 17.7 Å². The second-order valence-electron chi connectivity index (χ2n) is 4.16. The fraction of sp³-hybridized carbons (Fsp3) is 0.385. The van der Waals surface area contributed by atoms with Gasteiger partial charge in [0.05, 0.1) is 13.0 Å². The SMILES string of the molecule is COc1cccc(C(CC(=O)N(C)C)C(=O)O)c1. The first-order valence-electron chi connectivity index (χ1n) is 5.52. The first-order chi connectivity index (χ1) is 8.45. The summed E-state index contributed by atoms with van der Waals surface area (Å²) >= 11 is 0. The Morgan fingerprint density at radius 2 is 2.06 bits per heavy atom. The van der Waals surface area contributed by atoms with Crippen molar-refractivity contribution in [1.82, 2.24) is 4.90 Å². The van der Waals surface area contributed by atoms with Crippen molar-refractivity contribution in [1.29, 1.82) is 0 Å². The van der Waals surface area contributed by atoms with Crippen LogP contribution in [0.5, 0.6) is 5.75 Å². The van der Waals surface area contributed by atoms with Crippen molar-refractivity contribution < 1.29 is 19.4 Å². The summed E-state index contributed by atoms with van der Waals surface area (Å²) in [5, 5.41) is 9.21. The number of rotatable bonds is 5. The van der Waals surface area contributed by atoms with Crippen LogP contribution in [0.15, 0.2) is 24.3 Å². The summed E-state index contributed by atoms with van der Waals surface area (Å²) in [5.74, 6) is -1.50. The molecule has 5 heteroatoms. The standard InChI is InChI=1S/C13H17NO4/c1-14(2)12(15)8-11(13(16)17)9-5-4-6-10(7-9)18-3/h4-7,11H,8H2,1-3H3,(H,16,17). The minimum Gasteiger partial charge on any atom is -0.497 e. The molecule has 1 N–H and O–H groups in total. The Balaban J connectivity index is 2.97. The molecule has 0 aliphatic heterocycles. The maximum Gasteiger partial charge on any atom is 0.311 e. The highest BCUT2D eigenvalue weighted by atomic mass is 16.5. The fourth-order valence-electron chi connectivity index (χ4n) is 1.56. The van der Waals surface area contributed by atoms with E-state index in [1.54, 1.807) is 38.4 Å². The van der Waals surface area contributed by atoms with E-state index >= 15 is 0 Å². The molecule has 0 aliphatic rings. The molecule has 0 aliphatic carbocycles. The van der Waals surface area contributed by atoms with E-state index in [0.717, 1.165) is 0 Å². The molecule has 0 bridgehead atoms. The number of benzene rings is 1. The van der Waals surface area contributed by atoms with Crippen molar-refractivity contribution in [3.8, 4) is 5.75 Å². The van der Waals surface area contributed by atoms with E-state index in [1.807, 2.05) is 0 Å². The minimum atomic E-state index is -1.02. The predicted molar refractivity (Wildman–Crippen MR) is 66.7 cm³/mol. The zero-order chi connectivity index (χ0) is 13.7. The largest absolute Gasteiger partial charge is 0.497 e. The van der Waals surface area contributed by atoms with Crippen molar-refractivity contribution in [3.05, 3.63) is 29.8 Å². The third kappa shape index (κ3) is 3.48. The highest BCUT2D eigenvalue weighted by Crippen LogP contribution is 2.24. The van der Waals surface area contributed by atoms with Crippen molar-refractivity contribution in [3.63, 3.8) is 0 Å². The topological polar surface area (TPSA) is 66.8 Å². The fourth-order valence-corrected chi connectivity index (χ4v) is 1.56. The van der Waals surface area contributed by atoms with Gasteiger partial charge in [-0.3, -0.25) is 9.59 Å². The Morgan fingerprint density at radius 3 is 2.56 bits per heavy atom. The number of carbonyl (C=O) groups excluding carboxylic acids is 1. The number of hydrogen-bond acceptors (Lipinski definition) is 3. The second kappa shape index (κ2) is 6.05. The number of carbonyl (C=O) groups is 2. The average Bonchev–Trinajstić information content (AvgIpc) is 2.35. The normalized spacial score (nSPS) is 11.7. The van der Waals surface area contributed by atoms with Crippen LogP contribution in [-0.2, 0) is 9.59 Å². The quantitative estimate of drug-likeness (QED) is 0.857. The van der Waals surface area contributed by atoms with Gasteiger partial charge in [0.25, 0.3) is 0 Å². The molecule has 1 amide bonds. The van der Waals surface area contributed by atoms with Gasteiger partial charge in [-0.15, -0.1) is 0 Å². The molecule has 0 heterocycles. The van der Waals surface area contributed by atoms with Crippen LogP contribution in [0.1, 0.15) is 17.9 Å². The van der Waals surface area contributed by atoms with Crippen LogP contribution in [0.2, 0.25) is 0 Å². The molecular weight excluding hydrogens is 234 g/mol. The van der Waals surface area contributed by atoms with Crippen LogP contribution >= 0.6 is 0 Å². The van der Waals surface area contributed by atoms with Gasteiger partial charge in [0.2, 0.25) is 5.91 Å². The molecule has 0 aromatic heterocycles. The smallest absolute Gasteiger partial charge is 0.311 e. The van der Waals surface area contributed by atoms with Crippen LogP contribution in [0.4, 0.5) is 0 Å². The maximum atomic E-state index is 11.6. The number of carboxylic acid groups (broad SMARTS) is 1. The van der Waals surface area contributed by atoms with Gasteiger partial charge >= 0.3 is 5.97 Å². The zero-order valence-corrected chi connectivity index (χ0v) is 10.7. The Hall–Kier alpha value is -2.04. The summed E-state index contributed by atoms with van der Waals surface area (Å²) in [4.78, 5) is 24.2. The minimum absolute atomic E-state index is 0.0600. The number of aliphatic carboxylic acids is 1. The number of methoxy groups -OCH3 is 1. The molecular formula is C13H17NO4. The van der Waals surface area contributed by atoms with Gasteiger partial charge in [-0.1, -0.05) is 12.1 Å². The van der Waals surface area contributed by atoms with Crippen LogP contribution in [0.25, 0.3) is 0 Å². The average molecular weight is 251 g/mol. The van der Waals surface area contributed by atoms with E-state index < -0.39 is 11.9 Å². The molecule has 0 fully saturated rings. The van der Waals surface area contributed by atoms with E-state index in [9.17, 15) is 14.7 Å². The number of ether oxygens (including phenoxy) is 1. The summed E-state index contributed by atoms with van der Waals surface area (Å²) in [6, 6.07) is 6.77. The molecule has 1 rings (SSSR count). The molecule has 1 aromatic carbocycles. The lowest BCUT2D eigenvalue weighted by atomic mass is 9.95. The highest BCUT2D eigenvalue weighted by molar-refractivity contribution is 5.85. The van der Waals surface area contributed by atoms with Gasteiger partial charge in [0, 0.05) is 20.5 Å². The van der Waals surface area contributed by atoms with Crippen LogP contribution in [0.3, 0.4) is 0 Å². The lowest BCUT2D eigenvalue weighted by Crippen LogP contribution is -2.26. The number of nitrogens with zero attached hydrogens (tertiary/aromatic N) is 1. The Morgan fingerprint density at radius 1 is 1.39 bits per heavy atom. The third-order valence-corrected chi connectivity index (χ3v) is 2.67. The molecule has 0 spiro atoms. The van der Waals surface area contributed by atoms with Crippen LogP contribution in [0, 0.1) is 0 Å². The van der Waals surface area contributed by atoms with Gasteiger partial charge in [-0.2, -0.15) is 0 Å². The Kier molecular flexibility index (Phi) is 4.71. The molecule has 0 saturated heterocycles. The summed E-state index contributed by atoms with van der Waals surface area (Å²) < 4.78 is 5.05. The van der Waals surface area contributed by atoms with Crippen molar-refractivity contribution in [2.75, 3.05) is 21.2 Å². The molecule has 98 valence electrons. The molecule has 18 heavy (non-hydrogen) atoms. The number of carboxylic acids is 1. The molecule has 1 aromatic rings. The van der Waals surface area contributed by atoms with E-state index in [2.05, 4.69) is 0 Å². The molecule has 0 saturated carbocycles. The lowest BCUT2D eigenvalue weighted by Gasteiger charge is -2.16. The summed E-state index contributed by atoms with van der Waals surface area (Å²) in [6.07, 6.45) is -0.0600. The predicted octanol–water partition coefficient (Wildman–Crippen LogP) is 1.34. The van der Waals surface area contributed by atoms with E-state index in [1.165, 1.54) is 12.0 Å². The molecule has 0 radical (unpaired) electrons. The third-order valence-electron chi connectivity index (χ3n) is 2.67. The summed E-state index contributed by atoms with van der Waals surface area (Å²) in [6.45, 7) is 0. The van der Waals surface area contributed by atoms with Gasteiger partial charge in [-0.25, -0.2) is 0 Å². The van der Waals surface area contributed by atoms with Gasteiger partial charge in [0.1, 0.15) is 5.75 Å². The monoisotopic (exact) mass is 251 g/mol. The summed E-state index contributed by atoms with van der Waals surface area (Å²) in [5.41, 5.74) is 0.567. The number of amides is 1. The summed E-state index contributed by atoms with van der Waals surface area (Å²) in [7, 11) is 4.72. The maximum absolute atomic E-state index is 11.6. The van der Waals surface area contributed by atoms with Gasteiger partial charge < -0.3 is 14.7 Å². The Bertz CT molecular complexity index is 442. The first-order valence-corrected chi connectivity index (χ1v) is 5.52. The van der Waals surface area contributed by atoms with E-state index in [0.29, 0.717) is 11.3 Å². The zero-order valence-electron chi connectivity index (χ0n) is 10.7. The second-order valence-corrected chi connectivity index (χ2v) is 4.16. The molecule has 5 nitrogen and oxygen atoms in total. The van der Waals surface area contributed by atoms with E-state index in [4.69, 9.17) is 4.74 Å². The molecule has 1 atom stereocenters. The van der Waals surface area contributed by atoms with Crippen LogP contribution in [-0.4, -0.2) is 43.1 Å². The number of hydrogen-bond donors (Lipinski definition) is 1. The first kappa shape index (κ1) is 14.0.